The normalized spacial score (nSPS) is 11.1. The van der Waals surface area contributed by atoms with Crippen LogP contribution >= 0.6 is 0 Å². The lowest BCUT2D eigenvalue weighted by Gasteiger charge is -2.06. The Morgan fingerprint density at radius 2 is 1.70 bits per heavy atom. The maximum absolute atomic E-state index is 11.8. The molecular formula is C13H10O6S. The predicted molar refractivity (Wildman–Crippen MR) is 69.3 cm³/mol. The monoisotopic (exact) mass is 294 g/mol. The minimum atomic E-state index is -4.60. The van der Waals surface area contributed by atoms with Gasteiger partial charge in [-0.15, -0.1) is 0 Å². The molecule has 0 spiro atoms. The molecule has 2 aromatic rings. The summed E-state index contributed by atoms with van der Waals surface area (Å²) in [6, 6.07) is 11.2. The summed E-state index contributed by atoms with van der Waals surface area (Å²) in [5, 5.41) is 9.34. The van der Waals surface area contributed by atoms with Crippen molar-refractivity contribution >= 4 is 16.1 Å². The number of phenols is 1. The zero-order valence-corrected chi connectivity index (χ0v) is 10.9. The first-order chi connectivity index (χ1) is 9.38. The Labute approximate surface area is 115 Å². The molecule has 0 aromatic heterocycles. The molecule has 0 fully saturated rings. The van der Waals surface area contributed by atoms with Crippen LogP contribution in [0.4, 0.5) is 0 Å². The number of carbonyl (C=O) groups is 1. The van der Waals surface area contributed by atoms with Crippen LogP contribution in [-0.2, 0) is 10.1 Å². The Kier molecular flexibility index (Phi) is 3.73. The minimum absolute atomic E-state index is 0.107. The first kappa shape index (κ1) is 14.0. The maximum atomic E-state index is 11.8. The summed E-state index contributed by atoms with van der Waals surface area (Å²) < 4.78 is 35.9. The topological polar surface area (TPSA) is 101 Å². The van der Waals surface area contributed by atoms with Gasteiger partial charge >= 0.3 is 5.97 Å². The number of esters is 1. The molecule has 104 valence electrons. The Morgan fingerprint density at radius 1 is 1.05 bits per heavy atom. The summed E-state index contributed by atoms with van der Waals surface area (Å²) in [5.41, 5.74) is 0.286. The molecule has 0 saturated heterocycles. The minimum Gasteiger partial charge on any atom is -0.506 e. The third-order valence-corrected chi connectivity index (χ3v) is 3.31. The highest BCUT2D eigenvalue weighted by molar-refractivity contribution is 7.86. The highest BCUT2D eigenvalue weighted by Crippen LogP contribution is 2.27. The zero-order valence-electron chi connectivity index (χ0n) is 10.1. The quantitative estimate of drug-likeness (QED) is 0.509. The van der Waals surface area contributed by atoms with Crippen molar-refractivity contribution in [3.05, 3.63) is 54.1 Å². The fourth-order valence-electron chi connectivity index (χ4n) is 1.50. The summed E-state index contributed by atoms with van der Waals surface area (Å²) in [5.74, 6) is -1.42. The van der Waals surface area contributed by atoms with Crippen molar-refractivity contribution in [3.63, 3.8) is 0 Å². The fourth-order valence-corrected chi connectivity index (χ4v) is 2.10. The average Bonchev–Trinajstić information content (AvgIpc) is 2.40. The molecule has 0 aliphatic heterocycles. The van der Waals surface area contributed by atoms with E-state index in [0.29, 0.717) is 0 Å². The number of hydrogen-bond acceptors (Lipinski definition) is 5. The van der Waals surface area contributed by atoms with E-state index >= 15 is 0 Å². The van der Waals surface area contributed by atoms with E-state index in [1.807, 2.05) is 0 Å². The lowest BCUT2D eigenvalue weighted by Crippen LogP contribution is -2.09. The van der Waals surface area contributed by atoms with Gasteiger partial charge < -0.3 is 9.84 Å². The molecule has 0 bridgehead atoms. The van der Waals surface area contributed by atoms with Crippen LogP contribution in [-0.4, -0.2) is 24.0 Å². The third kappa shape index (κ3) is 3.14. The highest BCUT2D eigenvalue weighted by atomic mass is 32.2. The van der Waals surface area contributed by atoms with Gasteiger partial charge in [-0.25, -0.2) is 4.79 Å². The molecule has 0 atom stereocenters. The largest absolute Gasteiger partial charge is 0.506 e. The SMILES string of the molecule is O=C(Oc1ccc(O)c(S(=O)(=O)O)c1)c1ccccc1. The first-order valence-corrected chi connectivity index (χ1v) is 6.89. The van der Waals surface area contributed by atoms with Gasteiger partial charge in [0.05, 0.1) is 5.56 Å². The van der Waals surface area contributed by atoms with Crippen molar-refractivity contribution in [1.82, 2.24) is 0 Å². The first-order valence-electron chi connectivity index (χ1n) is 5.45. The van der Waals surface area contributed by atoms with E-state index in [4.69, 9.17) is 9.29 Å². The van der Waals surface area contributed by atoms with Crippen molar-refractivity contribution in [2.75, 3.05) is 0 Å². The Balaban J connectivity index is 2.30. The van der Waals surface area contributed by atoms with Gasteiger partial charge in [0.2, 0.25) is 0 Å². The predicted octanol–water partition coefficient (Wildman–Crippen LogP) is 1.86. The van der Waals surface area contributed by atoms with Crippen LogP contribution in [0.25, 0.3) is 0 Å². The van der Waals surface area contributed by atoms with E-state index in [1.165, 1.54) is 18.2 Å². The van der Waals surface area contributed by atoms with Gasteiger partial charge in [-0.2, -0.15) is 8.42 Å². The maximum Gasteiger partial charge on any atom is 0.343 e. The smallest absolute Gasteiger partial charge is 0.343 e. The van der Waals surface area contributed by atoms with Crippen molar-refractivity contribution in [3.8, 4) is 11.5 Å². The molecule has 20 heavy (non-hydrogen) atoms. The van der Waals surface area contributed by atoms with Gasteiger partial charge in [0.25, 0.3) is 10.1 Å². The average molecular weight is 294 g/mol. The summed E-state index contributed by atoms with van der Waals surface area (Å²) in [7, 11) is -4.60. The number of rotatable bonds is 3. The highest BCUT2D eigenvalue weighted by Gasteiger charge is 2.17. The van der Waals surface area contributed by atoms with Gasteiger partial charge in [0.15, 0.2) is 0 Å². The molecule has 0 aliphatic rings. The third-order valence-electron chi connectivity index (χ3n) is 2.43. The van der Waals surface area contributed by atoms with E-state index in [0.717, 1.165) is 12.1 Å². The van der Waals surface area contributed by atoms with Crippen molar-refractivity contribution in [1.29, 1.82) is 0 Å². The van der Waals surface area contributed by atoms with E-state index in [-0.39, 0.29) is 11.3 Å². The lowest BCUT2D eigenvalue weighted by atomic mass is 10.2. The molecule has 2 N–H and O–H groups in total. The van der Waals surface area contributed by atoms with Gasteiger partial charge in [0, 0.05) is 6.07 Å². The van der Waals surface area contributed by atoms with E-state index in [9.17, 15) is 18.3 Å². The fraction of sp³-hybridized carbons (Fsp3) is 0. The lowest BCUT2D eigenvalue weighted by molar-refractivity contribution is 0.0734. The molecule has 6 nitrogen and oxygen atoms in total. The van der Waals surface area contributed by atoms with Crippen LogP contribution in [0.5, 0.6) is 11.5 Å². The molecule has 7 heteroatoms. The van der Waals surface area contributed by atoms with Crippen LogP contribution in [0.3, 0.4) is 0 Å². The van der Waals surface area contributed by atoms with Crippen LogP contribution in [0.15, 0.2) is 53.4 Å². The van der Waals surface area contributed by atoms with E-state index in [2.05, 4.69) is 0 Å². The second-order valence-corrected chi connectivity index (χ2v) is 5.25. The zero-order chi connectivity index (χ0) is 14.8. The van der Waals surface area contributed by atoms with Crippen LogP contribution in [0, 0.1) is 0 Å². The number of carbonyl (C=O) groups excluding carboxylic acids is 1. The molecule has 2 rings (SSSR count). The summed E-state index contributed by atoms with van der Waals surface area (Å²) >= 11 is 0. The van der Waals surface area contributed by atoms with Crippen LogP contribution in [0.1, 0.15) is 10.4 Å². The molecule has 0 radical (unpaired) electrons. The van der Waals surface area contributed by atoms with Gasteiger partial charge in [-0.05, 0) is 24.3 Å². The van der Waals surface area contributed by atoms with Crippen molar-refractivity contribution in [2.24, 2.45) is 0 Å². The van der Waals surface area contributed by atoms with E-state index in [1.54, 1.807) is 18.2 Å². The molecule has 0 aliphatic carbocycles. The van der Waals surface area contributed by atoms with Crippen LogP contribution < -0.4 is 4.74 Å². The van der Waals surface area contributed by atoms with E-state index < -0.39 is 26.7 Å². The van der Waals surface area contributed by atoms with Gasteiger partial charge in [-0.3, -0.25) is 4.55 Å². The van der Waals surface area contributed by atoms with Gasteiger partial charge in [0.1, 0.15) is 16.4 Å². The number of phenolic OH excluding ortho intramolecular Hbond substituents is 1. The van der Waals surface area contributed by atoms with Crippen molar-refractivity contribution in [2.45, 2.75) is 4.90 Å². The Bertz CT molecular complexity index is 737. The molecule has 0 heterocycles. The molecule has 0 saturated carbocycles. The molecule has 0 amide bonds. The molecule has 2 aromatic carbocycles. The molecular weight excluding hydrogens is 284 g/mol. The second kappa shape index (κ2) is 5.32. The van der Waals surface area contributed by atoms with Crippen LogP contribution in [0.2, 0.25) is 0 Å². The summed E-state index contributed by atoms with van der Waals surface area (Å²) in [4.78, 5) is 11.0. The second-order valence-electron chi connectivity index (χ2n) is 3.86. The standard InChI is InChI=1S/C13H10O6S/c14-11-7-6-10(8-12(11)20(16,17)18)19-13(15)9-4-2-1-3-5-9/h1-8,14H,(H,16,17,18). The Hall–Kier alpha value is -2.38. The number of aromatic hydroxyl groups is 1. The summed E-state index contributed by atoms with van der Waals surface area (Å²) in [6.07, 6.45) is 0. The number of benzene rings is 2. The van der Waals surface area contributed by atoms with Gasteiger partial charge in [-0.1, -0.05) is 18.2 Å². The van der Waals surface area contributed by atoms with Crippen molar-refractivity contribution < 1.29 is 27.6 Å². The summed E-state index contributed by atoms with van der Waals surface area (Å²) in [6.45, 7) is 0. The number of ether oxygens (including phenoxy) is 1. The molecule has 0 unspecified atom stereocenters. The Morgan fingerprint density at radius 3 is 2.30 bits per heavy atom. The number of hydrogen-bond donors (Lipinski definition) is 2.